The van der Waals surface area contributed by atoms with Crippen LogP contribution >= 0.6 is 24.8 Å². The third-order valence-corrected chi connectivity index (χ3v) is 3.66. The molecule has 0 unspecified atom stereocenters. The molecule has 9 heteroatoms. The van der Waals surface area contributed by atoms with E-state index in [1.807, 2.05) is 24.3 Å². The number of benzene rings is 1. The van der Waals surface area contributed by atoms with Crippen molar-refractivity contribution < 1.29 is 18.0 Å². The first-order valence-electron chi connectivity index (χ1n) is 7.10. The highest BCUT2D eigenvalue weighted by atomic mass is 35.5. The highest BCUT2D eigenvalue weighted by molar-refractivity contribution is 6.06. The summed E-state index contributed by atoms with van der Waals surface area (Å²) in [6.07, 6.45) is -3.53. The van der Waals surface area contributed by atoms with Crippen LogP contribution < -0.4 is 10.2 Å². The smallest absolute Gasteiger partial charge is 0.311 e. The standard InChI is InChI=1S/C16H14F3N3O.2ClH/c17-16(18,19)14-6-5-12(10-21-14)15(23)22-8-7-20-9-11-3-1-2-4-13(11)22;;/h1-6,10,20H,7-9H2;2*1H. The van der Waals surface area contributed by atoms with E-state index in [-0.39, 0.29) is 36.3 Å². The minimum absolute atomic E-state index is 0. The Morgan fingerprint density at radius 2 is 1.84 bits per heavy atom. The van der Waals surface area contributed by atoms with Gasteiger partial charge >= 0.3 is 6.18 Å². The second-order valence-corrected chi connectivity index (χ2v) is 5.19. The molecule has 1 N–H and O–H groups in total. The van der Waals surface area contributed by atoms with E-state index in [9.17, 15) is 18.0 Å². The molecule has 0 saturated heterocycles. The Kier molecular flexibility index (Phi) is 7.22. The summed E-state index contributed by atoms with van der Waals surface area (Å²) in [6, 6.07) is 9.45. The molecule has 0 fully saturated rings. The fourth-order valence-corrected chi connectivity index (χ4v) is 2.51. The lowest BCUT2D eigenvalue weighted by Gasteiger charge is -2.22. The molecule has 0 saturated carbocycles. The van der Waals surface area contributed by atoms with Crippen LogP contribution in [0.2, 0.25) is 0 Å². The van der Waals surface area contributed by atoms with Crippen molar-refractivity contribution in [2.24, 2.45) is 0 Å². The largest absolute Gasteiger partial charge is 0.433 e. The molecule has 1 aromatic carbocycles. The van der Waals surface area contributed by atoms with Crippen molar-refractivity contribution in [1.29, 1.82) is 0 Å². The van der Waals surface area contributed by atoms with Gasteiger partial charge in [-0.1, -0.05) is 18.2 Å². The van der Waals surface area contributed by atoms with E-state index in [4.69, 9.17) is 0 Å². The maximum atomic E-state index is 12.7. The number of nitrogens with zero attached hydrogens (tertiary/aromatic N) is 2. The highest BCUT2D eigenvalue weighted by Crippen LogP contribution is 2.28. The number of aromatic nitrogens is 1. The van der Waals surface area contributed by atoms with E-state index >= 15 is 0 Å². The third kappa shape index (κ3) is 4.62. The third-order valence-electron chi connectivity index (χ3n) is 3.66. The first-order chi connectivity index (χ1) is 11.0. The summed E-state index contributed by atoms with van der Waals surface area (Å²) in [4.78, 5) is 17.6. The molecular weight excluding hydrogens is 378 g/mol. The number of carbonyl (C=O) groups excluding carboxylic acids is 1. The number of carbonyl (C=O) groups is 1. The molecule has 2 aromatic rings. The van der Waals surface area contributed by atoms with E-state index in [2.05, 4.69) is 10.3 Å². The Bertz CT molecular complexity index is 723. The van der Waals surface area contributed by atoms with Crippen LogP contribution in [0.1, 0.15) is 21.6 Å². The summed E-state index contributed by atoms with van der Waals surface area (Å²) in [5, 5.41) is 3.21. The van der Waals surface area contributed by atoms with Gasteiger partial charge in [0, 0.05) is 31.5 Å². The number of anilines is 1. The zero-order valence-corrected chi connectivity index (χ0v) is 14.5. The van der Waals surface area contributed by atoms with Crippen molar-refractivity contribution in [3.63, 3.8) is 0 Å². The van der Waals surface area contributed by atoms with E-state index in [0.29, 0.717) is 19.6 Å². The van der Waals surface area contributed by atoms with Crippen LogP contribution in [0, 0.1) is 0 Å². The van der Waals surface area contributed by atoms with Crippen LogP contribution in [0.4, 0.5) is 18.9 Å². The zero-order valence-electron chi connectivity index (χ0n) is 12.9. The van der Waals surface area contributed by atoms with Gasteiger partial charge in [-0.3, -0.25) is 9.78 Å². The van der Waals surface area contributed by atoms with Gasteiger partial charge in [0.1, 0.15) is 5.69 Å². The van der Waals surface area contributed by atoms with Gasteiger partial charge in [0.05, 0.1) is 5.56 Å². The Labute approximate surface area is 155 Å². The van der Waals surface area contributed by atoms with E-state index in [1.54, 1.807) is 4.90 Å². The van der Waals surface area contributed by atoms with E-state index < -0.39 is 11.9 Å². The second kappa shape index (κ2) is 8.51. The minimum Gasteiger partial charge on any atom is -0.311 e. The molecule has 1 aliphatic rings. The summed E-state index contributed by atoms with van der Waals surface area (Å²) < 4.78 is 37.7. The highest BCUT2D eigenvalue weighted by Gasteiger charge is 2.32. The normalized spacial score (nSPS) is 13.8. The molecule has 0 atom stereocenters. The molecule has 136 valence electrons. The van der Waals surface area contributed by atoms with Gasteiger partial charge in [-0.2, -0.15) is 13.2 Å². The Balaban J connectivity index is 0.00000156. The monoisotopic (exact) mass is 393 g/mol. The van der Waals surface area contributed by atoms with Crippen molar-refractivity contribution in [3.05, 3.63) is 59.4 Å². The van der Waals surface area contributed by atoms with Crippen molar-refractivity contribution in [1.82, 2.24) is 10.3 Å². The van der Waals surface area contributed by atoms with Crippen LogP contribution in [-0.2, 0) is 12.7 Å². The Morgan fingerprint density at radius 1 is 1.12 bits per heavy atom. The molecule has 0 bridgehead atoms. The van der Waals surface area contributed by atoms with Crippen LogP contribution in [0.3, 0.4) is 0 Å². The first-order valence-corrected chi connectivity index (χ1v) is 7.10. The average molecular weight is 394 g/mol. The van der Waals surface area contributed by atoms with E-state index in [0.717, 1.165) is 23.5 Å². The fourth-order valence-electron chi connectivity index (χ4n) is 2.51. The maximum absolute atomic E-state index is 12.7. The zero-order chi connectivity index (χ0) is 16.4. The van der Waals surface area contributed by atoms with Gasteiger partial charge in [0.2, 0.25) is 0 Å². The number of halogens is 5. The molecule has 2 heterocycles. The van der Waals surface area contributed by atoms with Crippen LogP contribution in [-0.4, -0.2) is 24.0 Å². The number of amides is 1. The predicted octanol–water partition coefficient (Wildman–Crippen LogP) is 3.69. The summed E-state index contributed by atoms with van der Waals surface area (Å²) in [6.45, 7) is 1.69. The lowest BCUT2D eigenvalue weighted by Crippen LogP contribution is -2.34. The number of hydrogen-bond acceptors (Lipinski definition) is 3. The number of rotatable bonds is 1. The molecule has 1 aliphatic heterocycles. The van der Waals surface area contributed by atoms with Gasteiger partial charge in [0.25, 0.3) is 5.91 Å². The molecule has 3 rings (SSSR count). The topological polar surface area (TPSA) is 45.2 Å². The van der Waals surface area contributed by atoms with Gasteiger partial charge in [-0.25, -0.2) is 0 Å². The van der Waals surface area contributed by atoms with Crippen LogP contribution in [0.15, 0.2) is 42.6 Å². The summed E-state index contributed by atoms with van der Waals surface area (Å²) in [5.41, 5.74) is 0.863. The molecular formula is C16H16Cl2F3N3O. The quantitative estimate of drug-likeness (QED) is 0.803. The molecule has 0 aliphatic carbocycles. The molecule has 25 heavy (non-hydrogen) atoms. The summed E-state index contributed by atoms with van der Waals surface area (Å²) >= 11 is 0. The number of nitrogens with one attached hydrogen (secondary N) is 1. The fraction of sp³-hybridized carbons (Fsp3) is 0.250. The maximum Gasteiger partial charge on any atom is 0.433 e. The second-order valence-electron chi connectivity index (χ2n) is 5.19. The number of hydrogen-bond donors (Lipinski definition) is 1. The Morgan fingerprint density at radius 3 is 2.48 bits per heavy atom. The summed E-state index contributed by atoms with van der Waals surface area (Å²) in [5.74, 6) is -0.359. The van der Waals surface area contributed by atoms with E-state index in [1.165, 1.54) is 6.07 Å². The Hall–Kier alpha value is -1.83. The van der Waals surface area contributed by atoms with Crippen molar-refractivity contribution >= 4 is 36.4 Å². The van der Waals surface area contributed by atoms with Crippen molar-refractivity contribution in [3.8, 4) is 0 Å². The molecule has 1 amide bonds. The van der Waals surface area contributed by atoms with Gasteiger partial charge in [-0.05, 0) is 23.8 Å². The SMILES string of the molecule is Cl.Cl.O=C(c1ccc(C(F)(F)F)nc1)N1CCNCc2ccccc21. The molecule has 1 aromatic heterocycles. The first kappa shape index (κ1) is 21.2. The lowest BCUT2D eigenvalue weighted by molar-refractivity contribution is -0.141. The van der Waals surface area contributed by atoms with Gasteiger partial charge < -0.3 is 10.2 Å². The van der Waals surface area contributed by atoms with Crippen LogP contribution in [0.25, 0.3) is 0 Å². The molecule has 0 spiro atoms. The molecule has 4 nitrogen and oxygen atoms in total. The number of para-hydroxylation sites is 1. The number of alkyl halides is 3. The lowest BCUT2D eigenvalue weighted by atomic mass is 10.1. The van der Waals surface area contributed by atoms with Crippen molar-refractivity contribution in [2.45, 2.75) is 12.7 Å². The van der Waals surface area contributed by atoms with Crippen LogP contribution in [0.5, 0.6) is 0 Å². The van der Waals surface area contributed by atoms with Gasteiger partial charge in [0.15, 0.2) is 0 Å². The summed E-state index contributed by atoms with van der Waals surface area (Å²) in [7, 11) is 0. The van der Waals surface area contributed by atoms with Crippen molar-refractivity contribution in [2.75, 3.05) is 18.0 Å². The number of fused-ring (bicyclic) bond motifs is 1. The predicted molar refractivity (Wildman–Crippen MR) is 93.6 cm³/mol. The minimum atomic E-state index is -4.51. The average Bonchev–Trinajstić information content (AvgIpc) is 2.76. The molecule has 0 radical (unpaired) electrons. The van der Waals surface area contributed by atoms with Gasteiger partial charge in [-0.15, -0.1) is 24.8 Å². The number of pyridine rings is 1.